The summed E-state index contributed by atoms with van der Waals surface area (Å²) in [5.41, 5.74) is 2.54. The predicted octanol–water partition coefficient (Wildman–Crippen LogP) is 4.88. The normalized spacial score (nSPS) is 23.9. The summed E-state index contributed by atoms with van der Waals surface area (Å²) >= 11 is 6.43. The van der Waals surface area contributed by atoms with Crippen molar-refractivity contribution >= 4 is 23.5 Å². The van der Waals surface area contributed by atoms with Gasteiger partial charge >= 0.3 is 11.9 Å². The van der Waals surface area contributed by atoms with Gasteiger partial charge in [0.2, 0.25) is 0 Å². The Kier molecular flexibility index (Phi) is 8.45. The van der Waals surface area contributed by atoms with Crippen molar-refractivity contribution in [1.29, 1.82) is 0 Å². The largest absolute Gasteiger partial charge is 0.473 e. The van der Waals surface area contributed by atoms with Crippen LogP contribution in [0.15, 0.2) is 84.9 Å². The third kappa shape index (κ3) is 6.23. The maximum atomic E-state index is 11.9. The van der Waals surface area contributed by atoms with Crippen molar-refractivity contribution in [1.82, 2.24) is 5.32 Å². The van der Waals surface area contributed by atoms with E-state index in [4.69, 9.17) is 31.4 Å². The lowest BCUT2D eigenvalue weighted by Gasteiger charge is -2.48. The maximum Gasteiger partial charge on any atom is 0.414 e. The fraction of sp³-hybridized carbons (Fsp3) is 0.259. The van der Waals surface area contributed by atoms with Crippen LogP contribution in [0.3, 0.4) is 0 Å². The summed E-state index contributed by atoms with van der Waals surface area (Å²) in [6.45, 7) is 2.14. The molecule has 4 rings (SSSR count). The molecule has 1 aliphatic heterocycles. The molecular weight excluding hydrogens is 454 g/mol. The number of rotatable bonds is 4. The second kappa shape index (κ2) is 11.3. The van der Waals surface area contributed by atoms with E-state index in [0.29, 0.717) is 17.9 Å². The van der Waals surface area contributed by atoms with Crippen LogP contribution in [0.5, 0.6) is 0 Å². The van der Waals surface area contributed by atoms with Crippen molar-refractivity contribution < 1.29 is 24.9 Å². The molecule has 0 aromatic heterocycles. The lowest BCUT2D eigenvalue weighted by Crippen LogP contribution is -2.53. The summed E-state index contributed by atoms with van der Waals surface area (Å²) < 4.78 is 0. The van der Waals surface area contributed by atoms with Crippen LogP contribution in [0.25, 0.3) is 0 Å². The van der Waals surface area contributed by atoms with Crippen LogP contribution < -0.4 is 5.32 Å². The summed E-state index contributed by atoms with van der Waals surface area (Å²) in [4.78, 5) is 18.2. The Morgan fingerprint density at radius 2 is 1.38 bits per heavy atom. The van der Waals surface area contributed by atoms with E-state index >= 15 is 0 Å². The molecule has 1 heterocycles. The number of hydrogen-bond acceptors (Lipinski definition) is 4. The summed E-state index contributed by atoms with van der Waals surface area (Å²) in [5, 5.41) is 31.2. The molecule has 178 valence electrons. The number of halogens is 1. The number of benzene rings is 3. The molecule has 3 aromatic carbocycles. The Labute approximate surface area is 203 Å². The lowest BCUT2D eigenvalue weighted by molar-refractivity contribution is -0.159. The molecule has 1 saturated heterocycles. The molecule has 6 nitrogen and oxygen atoms in total. The standard InChI is InChI=1S/C25H26ClNO.C2H2O4/c1-18-24(20-12-6-3-7-13-20)27-23(19-10-4-2-5-11-19)17-25(18,28)16-21-14-8-9-15-22(21)26;3-1(4)2(5)6/h2-15,18,23-24,27-28H,16-17H2,1H3;(H,3,4)(H,5,6). The van der Waals surface area contributed by atoms with Crippen LogP contribution in [0.1, 0.15) is 42.1 Å². The van der Waals surface area contributed by atoms with Crippen molar-refractivity contribution in [3.8, 4) is 0 Å². The van der Waals surface area contributed by atoms with Gasteiger partial charge in [-0.1, -0.05) is 97.4 Å². The smallest absolute Gasteiger partial charge is 0.414 e. The monoisotopic (exact) mass is 481 g/mol. The van der Waals surface area contributed by atoms with Gasteiger partial charge in [-0.15, -0.1) is 0 Å². The van der Waals surface area contributed by atoms with Crippen LogP contribution in [-0.4, -0.2) is 32.9 Å². The first-order valence-electron chi connectivity index (χ1n) is 11.0. The van der Waals surface area contributed by atoms with Gasteiger partial charge < -0.3 is 20.6 Å². The van der Waals surface area contributed by atoms with Crippen molar-refractivity contribution in [2.45, 2.75) is 37.5 Å². The third-order valence-electron chi connectivity index (χ3n) is 6.28. The predicted molar refractivity (Wildman–Crippen MR) is 131 cm³/mol. The highest BCUT2D eigenvalue weighted by Crippen LogP contribution is 2.45. The van der Waals surface area contributed by atoms with Crippen LogP contribution in [0, 0.1) is 5.92 Å². The fourth-order valence-electron chi connectivity index (χ4n) is 4.42. The molecule has 0 amide bonds. The first-order valence-corrected chi connectivity index (χ1v) is 11.4. The average molecular weight is 482 g/mol. The Morgan fingerprint density at radius 1 is 0.882 bits per heavy atom. The van der Waals surface area contributed by atoms with Crippen LogP contribution in [0.4, 0.5) is 0 Å². The van der Waals surface area contributed by atoms with E-state index in [0.717, 1.165) is 5.56 Å². The number of aliphatic hydroxyl groups is 1. The van der Waals surface area contributed by atoms with Gasteiger partial charge in [0.15, 0.2) is 0 Å². The molecule has 0 saturated carbocycles. The highest BCUT2D eigenvalue weighted by molar-refractivity contribution is 6.31. The van der Waals surface area contributed by atoms with Gasteiger partial charge in [0.05, 0.1) is 5.60 Å². The summed E-state index contributed by atoms with van der Waals surface area (Å²) in [6, 6.07) is 28.8. The number of carboxylic acids is 2. The first kappa shape index (κ1) is 25.4. The fourth-order valence-corrected chi connectivity index (χ4v) is 4.62. The van der Waals surface area contributed by atoms with Gasteiger partial charge in [0.25, 0.3) is 0 Å². The Morgan fingerprint density at radius 3 is 1.91 bits per heavy atom. The van der Waals surface area contributed by atoms with Crippen molar-refractivity contribution in [3.63, 3.8) is 0 Å². The van der Waals surface area contributed by atoms with Gasteiger partial charge in [-0.05, 0) is 29.2 Å². The molecule has 7 heteroatoms. The second-order valence-corrected chi connectivity index (χ2v) is 8.90. The molecule has 3 aromatic rings. The van der Waals surface area contributed by atoms with E-state index < -0.39 is 17.5 Å². The van der Waals surface area contributed by atoms with E-state index in [1.54, 1.807) is 0 Å². The molecule has 1 aliphatic rings. The minimum absolute atomic E-state index is 0.0335. The van der Waals surface area contributed by atoms with E-state index in [2.05, 4.69) is 60.8 Å². The number of piperidine rings is 1. The molecule has 4 unspecified atom stereocenters. The van der Waals surface area contributed by atoms with Gasteiger partial charge in [0, 0.05) is 29.4 Å². The van der Waals surface area contributed by atoms with Crippen LogP contribution >= 0.6 is 11.6 Å². The van der Waals surface area contributed by atoms with Crippen LogP contribution in [-0.2, 0) is 16.0 Å². The number of nitrogens with one attached hydrogen (secondary N) is 1. The Bertz CT molecular complexity index is 1100. The van der Waals surface area contributed by atoms with E-state index in [1.807, 2.05) is 36.4 Å². The molecule has 0 bridgehead atoms. The van der Waals surface area contributed by atoms with Crippen molar-refractivity contribution in [2.75, 3.05) is 0 Å². The van der Waals surface area contributed by atoms with Crippen LogP contribution in [0.2, 0.25) is 5.02 Å². The molecule has 0 radical (unpaired) electrons. The highest BCUT2D eigenvalue weighted by Gasteiger charge is 2.46. The Hall–Kier alpha value is -3.19. The maximum absolute atomic E-state index is 11.9. The van der Waals surface area contributed by atoms with Gasteiger partial charge in [-0.25, -0.2) is 9.59 Å². The van der Waals surface area contributed by atoms with Crippen molar-refractivity contribution in [2.24, 2.45) is 5.92 Å². The average Bonchev–Trinajstić information content (AvgIpc) is 2.84. The van der Waals surface area contributed by atoms with E-state index in [9.17, 15) is 5.11 Å². The number of hydrogen-bond donors (Lipinski definition) is 4. The number of carbonyl (C=O) groups is 2. The molecule has 1 fully saturated rings. The third-order valence-corrected chi connectivity index (χ3v) is 6.65. The van der Waals surface area contributed by atoms with Gasteiger partial charge in [-0.2, -0.15) is 0 Å². The minimum Gasteiger partial charge on any atom is -0.473 e. The van der Waals surface area contributed by atoms with Gasteiger partial charge in [-0.3, -0.25) is 0 Å². The molecule has 4 atom stereocenters. The van der Waals surface area contributed by atoms with E-state index in [1.165, 1.54) is 11.1 Å². The van der Waals surface area contributed by atoms with Crippen molar-refractivity contribution in [3.05, 3.63) is 107 Å². The quantitative estimate of drug-likeness (QED) is 0.396. The molecule has 0 spiro atoms. The topological polar surface area (TPSA) is 107 Å². The highest BCUT2D eigenvalue weighted by atomic mass is 35.5. The first-order chi connectivity index (χ1) is 16.2. The summed E-state index contributed by atoms with van der Waals surface area (Å²) in [7, 11) is 0. The van der Waals surface area contributed by atoms with Gasteiger partial charge in [0.1, 0.15) is 0 Å². The molecule has 34 heavy (non-hydrogen) atoms. The summed E-state index contributed by atoms with van der Waals surface area (Å²) in [6.07, 6.45) is 1.19. The zero-order valence-corrected chi connectivity index (χ0v) is 19.5. The Balaban J connectivity index is 0.000000481. The zero-order chi connectivity index (χ0) is 24.7. The second-order valence-electron chi connectivity index (χ2n) is 8.49. The summed E-state index contributed by atoms with van der Waals surface area (Å²) in [5.74, 6) is -3.61. The number of carboxylic acid groups (broad SMARTS) is 2. The lowest BCUT2D eigenvalue weighted by atomic mass is 9.69. The minimum atomic E-state index is -1.82. The molecule has 4 N–H and O–H groups in total. The van der Waals surface area contributed by atoms with E-state index in [-0.39, 0.29) is 18.0 Å². The zero-order valence-electron chi connectivity index (χ0n) is 18.8. The molecule has 0 aliphatic carbocycles. The SMILES string of the molecule is CC1C(c2ccccc2)NC(c2ccccc2)CC1(O)Cc1ccccc1Cl.O=C(O)C(=O)O. The number of aliphatic carboxylic acids is 2. The molecular formula is C27H28ClNO5.